The first-order valence-corrected chi connectivity index (χ1v) is 6.79. The van der Waals surface area contributed by atoms with Gasteiger partial charge in [-0.1, -0.05) is 12.1 Å². The normalized spacial score (nSPS) is 11.1. The average Bonchev–Trinajstić information content (AvgIpc) is 3.20. The minimum atomic E-state index is 0.252. The number of furan rings is 1. The first kappa shape index (κ1) is 12.6. The van der Waals surface area contributed by atoms with Gasteiger partial charge in [0.1, 0.15) is 23.3 Å². The maximum atomic E-state index is 9.35. The fourth-order valence-electron chi connectivity index (χ4n) is 2.39. The van der Waals surface area contributed by atoms with Crippen LogP contribution >= 0.6 is 0 Å². The smallest absolute Gasteiger partial charge is 0.164 e. The molecule has 0 amide bonds. The summed E-state index contributed by atoms with van der Waals surface area (Å²) in [6, 6.07) is 10.7. The molecule has 0 saturated carbocycles. The molecular weight excluding hydrogens is 280 g/mol. The van der Waals surface area contributed by atoms with E-state index in [4.69, 9.17) is 4.42 Å². The lowest BCUT2D eigenvalue weighted by atomic mass is 10.2. The monoisotopic (exact) mass is 292 g/mol. The minimum absolute atomic E-state index is 0.252. The Morgan fingerprint density at radius 2 is 1.91 bits per heavy atom. The van der Waals surface area contributed by atoms with Crippen LogP contribution in [-0.2, 0) is 6.54 Å². The van der Waals surface area contributed by atoms with E-state index < -0.39 is 0 Å². The predicted octanol–water partition coefficient (Wildman–Crippen LogP) is 2.84. The van der Waals surface area contributed by atoms with E-state index in [0.29, 0.717) is 23.5 Å². The van der Waals surface area contributed by atoms with Gasteiger partial charge in [0, 0.05) is 0 Å². The summed E-state index contributed by atoms with van der Waals surface area (Å²) in [6.07, 6.45) is 4.85. The Kier molecular flexibility index (Phi) is 2.86. The summed E-state index contributed by atoms with van der Waals surface area (Å²) in [5, 5.41) is 9.35. The van der Waals surface area contributed by atoms with Gasteiger partial charge in [-0.2, -0.15) is 0 Å². The zero-order valence-electron chi connectivity index (χ0n) is 11.5. The van der Waals surface area contributed by atoms with Crippen molar-refractivity contribution in [1.82, 2.24) is 19.5 Å². The van der Waals surface area contributed by atoms with Gasteiger partial charge < -0.3 is 14.1 Å². The zero-order chi connectivity index (χ0) is 14.9. The topological polar surface area (TPSA) is 77.0 Å². The molecule has 4 aromatic rings. The van der Waals surface area contributed by atoms with Crippen molar-refractivity contribution in [2.45, 2.75) is 6.54 Å². The van der Waals surface area contributed by atoms with Crippen LogP contribution < -0.4 is 0 Å². The molecule has 3 aromatic heterocycles. The number of phenolic OH excluding ortho intramolecular Hbond substituents is 1. The molecule has 0 saturated heterocycles. The Balaban J connectivity index is 1.77. The summed E-state index contributed by atoms with van der Waals surface area (Å²) >= 11 is 0. The van der Waals surface area contributed by atoms with Crippen LogP contribution in [0.3, 0.4) is 0 Å². The standard InChI is InChI=1S/C16H12N4O2/c21-12-5-3-11(4-6-12)8-20-10-19-15-14(13-2-1-7-22-13)17-9-18-16(15)20/h1-7,9-10,21H,8H2. The second-order valence-corrected chi connectivity index (χ2v) is 4.91. The van der Waals surface area contributed by atoms with Crippen LogP contribution in [-0.4, -0.2) is 24.6 Å². The van der Waals surface area contributed by atoms with Gasteiger partial charge in [0.25, 0.3) is 0 Å². The number of benzene rings is 1. The van der Waals surface area contributed by atoms with Gasteiger partial charge in [0.05, 0.1) is 19.1 Å². The lowest BCUT2D eigenvalue weighted by Crippen LogP contribution is -1.99. The van der Waals surface area contributed by atoms with Crippen molar-refractivity contribution in [3.8, 4) is 17.2 Å². The maximum Gasteiger partial charge on any atom is 0.164 e. The Hall–Kier alpha value is -3.15. The summed E-state index contributed by atoms with van der Waals surface area (Å²) < 4.78 is 7.34. The highest BCUT2D eigenvalue weighted by Gasteiger charge is 2.13. The number of rotatable bonds is 3. The molecule has 22 heavy (non-hydrogen) atoms. The van der Waals surface area contributed by atoms with Crippen LogP contribution in [0.2, 0.25) is 0 Å². The third-order valence-corrected chi connectivity index (χ3v) is 3.45. The van der Waals surface area contributed by atoms with Gasteiger partial charge in [0.2, 0.25) is 0 Å². The molecule has 0 aliphatic rings. The predicted molar refractivity (Wildman–Crippen MR) is 80.2 cm³/mol. The van der Waals surface area contributed by atoms with Gasteiger partial charge in [-0.25, -0.2) is 15.0 Å². The Labute approximate surface area is 125 Å². The summed E-state index contributed by atoms with van der Waals surface area (Å²) in [4.78, 5) is 13.0. The van der Waals surface area contributed by atoms with E-state index in [-0.39, 0.29) is 5.75 Å². The lowest BCUT2D eigenvalue weighted by molar-refractivity contribution is 0.475. The number of hydrogen-bond donors (Lipinski definition) is 1. The number of aromatic nitrogens is 4. The molecule has 0 atom stereocenters. The van der Waals surface area contributed by atoms with Crippen molar-refractivity contribution in [3.63, 3.8) is 0 Å². The molecule has 6 nitrogen and oxygen atoms in total. The highest BCUT2D eigenvalue weighted by molar-refractivity contribution is 5.85. The summed E-state index contributed by atoms with van der Waals surface area (Å²) in [5.41, 5.74) is 3.18. The molecule has 0 bridgehead atoms. The highest BCUT2D eigenvalue weighted by atomic mass is 16.3. The quantitative estimate of drug-likeness (QED) is 0.628. The first-order chi connectivity index (χ1) is 10.8. The van der Waals surface area contributed by atoms with Crippen molar-refractivity contribution in [2.24, 2.45) is 0 Å². The van der Waals surface area contributed by atoms with E-state index in [1.54, 1.807) is 24.7 Å². The van der Waals surface area contributed by atoms with Crippen LogP contribution in [0.4, 0.5) is 0 Å². The largest absolute Gasteiger partial charge is 0.508 e. The first-order valence-electron chi connectivity index (χ1n) is 6.79. The van der Waals surface area contributed by atoms with Gasteiger partial charge in [0.15, 0.2) is 11.4 Å². The third kappa shape index (κ3) is 2.10. The van der Waals surface area contributed by atoms with E-state index in [1.807, 2.05) is 28.8 Å². The second kappa shape index (κ2) is 5.00. The van der Waals surface area contributed by atoms with Gasteiger partial charge in [-0.3, -0.25) is 0 Å². The number of fused-ring (bicyclic) bond motifs is 1. The van der Waals surface area contributed by atoms with Crippen molar-refractivity contribution in [1.29, 1.82) is 0 Å². The van der Waals surface area contributed by atoms with Crippen LogP contribution in [0.5, 0.6) is 5.75 Å². The molecule has 1 aromatic carbocycles. The maximum absolute atomic E-state index is 9.35. The molecule has 1 N–H and O–H groups in total. The average molecular weight is 292 g/mol. The van der Waals surface area contributed by atoms with Gasteiger partial charge >= 0.3 is 0 Å². The molecule has 4 rings (SSSR count). The van der Waals surface area contributed by atoms with Crippen LogP contribution in [0, 0.1) is 0 Å². The van der Waals surface area contributed by atoms with Gasteiger partial charge in [-0.05, 0) is 29.8 Å². The fourth-order valence-corrected chi connectivity index (χ4v) is 2.39. The number of phenols is 1. The Morgan fingerprint density at radius 1 is 1.05 bits per heavy atom. The molecule has 0 aliphatic carbocycles. The summed E-state index contributed by atoms with van der Waals surface area (Å²) in [6.45, 7) is 0.616. The minimum Gasteiger partial charge on any atom is -0.508 e. The van der Waals surface area contributed by atoms with Crippen molar-refractivity contribution < 1.29 is 9.52 Å². The van der Waals surface area contributed by atoms with E-state index in [0.717, 1.165) is 11.2 Å². The number of nitrogens with zero attached hydrogens (tertiary/aromatic N) is 4. The molecule has 3 heterocycles. The van der Waals surface area contributed by atoms with Crippen LogP contribution in [0.15, 0.2) is 59.7 Å². The van der Waals surface area contributed by atoms with Crippen molar-refractivity contribution >= 4 is 11.2 Å². The van der Waals surface area contributed by atoms with E-state index in [1.165, 1.54) is 6.33 Å². The Morgan fingerprint density at radius 3 is 2.68 bits per heavy atom. The SMILES string of the molecule is Oc1ccc(Cn2cnc3c(-c4ccco4)ncnc32)cc1. The van der Waals surface area contributed by atoms with Crippen LogP contribution in [0.25, 0.3) is 22.6 Å². The number of aromatic hydroxyl groups is 1. The molecule has 6 heteroatoms. The molecule has 0 radical (unpaired) electrons. The third-order valence-electron chi connectivity index (χ3n) is 3.45. The zero-order valence-corrected chi connectivity index (χ0v) is 11.5. The summed E-state index contributed by atoms with van der Waals surface area (Å²) in [7, 11) is 0. The van der Waals surface area contributed by atoms with Crippen molar-refractivity contribution in [3.05, 3.63) is 60.9 Å². The summed E-state index contributed by atoms with van der Waals surface area (Å²) in [5.74, 6) is 0.920. The lowest BCUT2D eigenvalue weighted by Gasteiger charge is -2.04. The Bertz CT molecular complexity index is 911. The molecule has 108 valence electrons. The highest BCUT2D eigenvalue weighted by Crippen LogP contribution is 2.24. The van der Waals surface area contributed by atoms with E-state index >= 15 is 0 Å². The van der Waals surface area contributed by atoms with E-state index in [2.05, 4.69) is 15.0 Å². The van der Waals surface area contributed by atoms with Crippen LogP contribution in [0.1, 0.15) is 5.56 Å². The number of imidazole rings is 1. The fraction of sp³-hybridized carbons (Fsp3) is 0.0625. The molecule has 0 spiro atoms. The molecule has 0 fully saturated rings. The molecule has 0 unspecified atom stereocenters. The van der Waals surface area contributed by atoms with E-state index in [9.17, 15) is 5.11 Å². The van der Waals surface area contributed by atoms with Gasteiger partial charge in [-0.15, -0.1) is 0 Å². The van der Waals surface area contributed by atoms with Crippen molar-refractivity contribution in [2.75, 3.05) is 0 Å². The number of hydrogen-bond acceptors (Lipinski definition) is 5. The second-order valence-electron chi connectivity index (χ2n) is 4.91. The molecule has 0 aliphatic heterocycles. The molecular formula is C16H12N4O2.